The summed E-state index contributed by atoms with van der Waals surface area (Å²) in [4.78, 5) is 22.6. The zero-order valence-corrected chi connectivity index (χ0v) is 9.21. The number of carboxylic acids is 1. The van der Waals surface area contributed by atoms with Gasteiger partial charge in [0, 0.05) is 11.5 Å². The number of hydrogen-bond acceptors (Lipinski definition) is 2. The van der Waals surface area contributed by atoms with E-state index in [9.17, 15) is 9.59 Å². The van der Waals surface area contributed by atoms with E-state index in [2.05, 4.69) is 0 Å². The number of carbonyl (C=O) groups is 2. The highest BCUT2D eigenvalue weighted by Gasteiger charge is 2.20. The van der Waals surface area contributed by atoms with Crippen LogP contribution in [0.5, 0.6) is 0 Å². The number of Topliss-reactive ketones (excluding diaryl/α,β-unsaturated/α-hetero) is 1. The largest absolute Gasteiger partial charge is 0.478 e. The quantitative estimate of drug-likeness (QED) is 0.807. The van der Waals surface area contributed by atoms with Gasteiger partial charge in [0.05, 0.1) is 10.6 Å². The third-order valence-corrected chi connectivity index (χ3v) is 2.33. The highest BCUT2D eigenvalue weighted by atomic mass is 35.5. The number of aromatic carboxylic acids is 1. The minimum absolute atomic E-state index is 0.0917. The fourth-order valence-electron chi connectivity index (χ4n) is 1.26. The summed E-state index contributed by atoms with van der Waals surface area (Å²) in [5, 5.41) is 9.03. The summed E-state index contributed by atoms with van der Waals surface area (Å²) >= 11 is 5.74. The predicted octanol–water partition coefficient (Wildman–Crippen LogP) is 2.88. The number of benzene rings is 1. The van der Waals surface area contributed by atoms with Crippen LogP contribution in [0.2, 0.25) is 5.02 Å². The maximum atomic E-state index is 11.7. The minimum atomic E-state index is -1.18. The Morgan fingerprint density at radius 1 is 1.33 bits per heavy atom. The number of halogens is 1. The molecule has 1 N–H and O–H groups in total. The molecule has 0 bridgehead atoms. The number of rotatable bonds is 3. The molecule has 0 aliphatic carbocycles. The van der Waals surface area contributed by atoms with E-state index in [1.54, 1.807) is 19.9 Å². The van der Waals surface area contributed by atoms with Crippen LogP contribution >= 0.6 is 11.6 Å². The minimum Gasteiger partial charge on any atom is -0.478 e. The molecule has 3 nitrogen and oxygen atoms in total. The van der Waals surface area contributed by atoms with Gasteiger partial charge in [-0.2, -0.15) is 0 Å². The lowest BCUT2D eigenvalue weighted by Gasteiger charge is -2.08. The average Bonchev–Trinajstić information content (AvgIpc) is 2.15. The summed E-state index contributed by atoms with van der Waals surface area (Å²) in [7, 11) is 0. The van der Waals surface area contributed by atoms with Gasteiger partial charge in [0.15, 0.2) is 5.78 Å². The summed E-state index contributed by atoms with van der Waals surface area (Å²) in [5.74, 6) is -1.64. The van der Waals surface area contributed by atoms with Gasteiger partial charge in [-0.15, -0.1) is 0 Å². The Hall–Kier alpha value is -1.35. The molecule has 1 aromatic carbocycles. The molecule has 0 fully saturated rings. The topological polar surface area (TPSA) is 54.4 Å². The smallest absolute Gasteiger partial charge is 0.337 e. The SMILES string of the molecule is CC(C)C(=O)c1cccc(Cl)c1C(=O)O. The molecule has 0 radical (unpaired) electrons. The van der Waals surface area contributed by atoms with Gasteiger partial charge in [0.2, 0.25) is 0 Å². The molecule has 0 amide bonds. The normalized spacial score (nSPS) is 10.4. The first-order chi connectivity index (χ1) is 6.95. The number of carboxylic acid groups (broad SMARTS) is 1. The van der Waals surface area contributed by atoms with E-state index < -0.39 is 5.97 Å². The Kier molecular flexibility index (Phi) is 3.48. The van der Waals surface area contributed by atoms with Crippen molar-refractivity contribution in [2.45, 2.75) is 13.8 Å². The summed E-state index contributed by atoms with van der Waals surface area (Å²) in [6, 6.07) is 4.52. The molecule has 0 atom stereocenters. The predicted molar refractivity (Wildman–Crippen MR) is 57.6 cm³/mol. The molecule has 1 aromatic rings. The number of ketones is 1. The van der Waals surface area contributed by atoms with Gasteiger partial charge >= 0.3 is 5.97 Å². The van der Waals surface area contributed by atoms with Crippen LogP contribution in [0.1, 0.15) is 34.6 Å². The summed E-state index contributed by atoms with van der Waals surface area (Å²) in [5.41, 5.74) is 0.0582. The van der Waals surface area contributed by atoms with Crippen molar-refractivity contribution in [1.82, 2.24) is 0 Å². The lowest BCUT2D eigenvalue weighted by Crippen LogP contribution is -2.13. The van der Waals surface area contributed by atoms with E-state index in [1.807, 2.05) is 0 Å². The van der Waals surface area contributed by atoms with Gasteiger partial charge in [0.1, 0.15) is 0 Å². The van der Waals surface area contributed by atoms with Gasteiger partial charge < -0.3 is 5.11 Å². The summed E-state index contributed by atoms with van der Waals surface area (Å²) in [6.45, 7) is 3.43. The molecule has 0 unspecified atom stereocenters. The molecule has 0 aromatic heterocycles. The monoisotopic (exact) mass is 226 g/mol. The molecule has 80 valence electrons. The van der Waals surface area contributed by atoms with Crippen molar-refractivity contribution in [3.63, 3.8) is 0 Å². The van der Waals surface area contributed by atoms with Crippen LogP contribution < -0.4 is 0 Å². The molecule has 0 saturated carbocycles. The highest BCUT2D eigenvalue weighted by Crippen LogP contribution is 2.22. The van der Waals surface area contributed by atoms with Crippen LogP contribution in [0.4, 0.5) is 0 Å². The Bertz CT molecular complexity index is 410. The van der Waals surface area contributed by atoms with Crippen LogP contribution in [-0.4, -0.2) is 16.9 Å². The lowest BCUT2D eigenvalue weighted by molar-refractivity contribution is 0.0691. The van der Waals surface area contributed by atoms with Gasteiger partial charge in [-0.1, -0.05) is 37.6 Å². The Labute approximate surface area is 92.7 Å². The van der Waals surface area contributed by atoms with E-state index in [0.29, 0.717) is 0 Å². The second-order valence-electron chi connectivity index (χ2n) is 3.49. The standard InChI is InChI=1S/C11H11ClO3/c1-6(2)10(13)7-4-3-5-8(12)9(7)11(14)15/h3-6H,1-2H3,(H,14,15). The van der Waals surface area contributed by atoms with E-state index in [4.69, 9.17) is 16.7 Å². The van der Waals surface area contributed by atoms with Gasteiger partial charge in [0.25, 0.3) is 0 Å². The van der Waals surface area contributed by atoms with Crippen molar-refractivity contribution in [2.75, 3.05) is 0 Å². The molecule has 4 heteroatoms. The molecule has 0 aliphatic rings. The second-order valence-corrected chi connectivity index (χ2v) is 3.89. The van der Waals surface area contributed by atoms with Crippen molar-refractivity contribution in [1.29, 1.82) is 0 Å². The third kappa shape index (κ3) is 2.36. The third-order valence-electron chi connectivity index (χ3n) is 2.02. The summed E-state index contributed by atoms with van der Waals surface area (Å²) < 4.78 is 0. The first-order valence-corrected chi connectivity index (χ1v) is 4.89. The highest BCUT2D eigenvalue weighted by molar-refractivity contribution is 6.34. The van der Waals surface area contributed by atoms with Crippen molar-refractivity contribution in [3.05, 3.63) is 34.3 Å². The molecule has 0 heterocycles. The Morgan fingerprint density at radius 3 is 2.40 bits per heavy atom. The maximum absolute atomic E-state index is 11.7. The molecule has 15 heavy (non-hydrogen) atoms. The van der Waals surface area contributed by atoms with Crippen molar-refractivity contribution >= 4 is 23.4 Å². The Morgan fingerprint density at radius 2 is 1.93 bits per heavy atom. The first kappa shape index (κ1) is 11.7. The van der Waals surface area contributed by atoms with Crippen LogP contribution in [0.25, 0.3) is 0 Å². The van der Waals surface area contributed by atoms with Gasteiger partial charge in [-0.3, -0.25) is 4.79 Å². The van der Waals surface area contributed by atoms with E-state index in [1.165, 1.54) is 12.1 Å². The molecular formula is C11H11ClO3. The molecular weight excluding hydrogens is 216 g/mol. The number of hydrogen-bond donors (Lipinski definition) is 1. The van der Waals surface area contributed by atoms with Crippen molar-refractivity contribution < 1.29 is 14.7 Å². The molecule has 0 spiro atoms. The molecule has 0 saturated heterocycles. The van der Waals surface area contributed by atoms with Crippen LogP contribution in [0.3, 0.4) is 0 Å². The fourth-order valence-corrected chi connectivity index (χ4v) is 1.51. The summed E-state index contributed by atoms with van der Waals surface area (Å²) in [6.07, 6.45) is 0. The fraction of sp³-hybridized carbons (Fsp3) is 0.273. The Balaban J connectivity index is 3.35. The number of carbonyl (C=O) groups excluding carboxylic acids is 1. The maximum Gasteiger partial charge on any atom is 0.337 e. The van der Waals surface area contributed by atoms with E-state index in [0.717, 1.165) is 0 Å². The molecule has 1 rings (SSSR count). The average molecular weight is 227 g/mol. The van der Waals surface area contributed by atoms with E-state index >= 15 is 0 Å². The van der Waals surface area contributed by atoms with Gasteiger partial charge in [-0.05, 0) is 6.07 Å². The van der Waals surface area contributed by atoms with Gasteiger partial charge in [-0.25, -0.2) is 4.79 Å². The van der Waals surface area contributed by atoms with E-state index in [-0.39, 0.29) is 27.9 Å². The zero-order valence-electron chi connectivity index (χ0n) is 8.45. The zero-order chi connectivity index (χ0) is 11.6. The molecule has 0 aliphatic heterocycles. The van der Waals surface area contributed by atoms with Crippen LogP contribution in [-0.2, 0) is 0 Å². The van der Waals surface area contributed by atoms with Crippen LogP contribution in [0.15, 0.2) is 18.2 Å². The second kappa shape index (κ2) is 4.45. The first-order valence-electron chi connectivity index (χ1n) is 4.51. The van der Waals surface area contributed by atoms with Crippen LogP contribution in [0, 0.1) is 5.92 Å². The van der Waals surface area contributed by atoms with Crippen molar-refractivity contribution in [3.8, 4) is 0 Å². The lowest BCUT2D eigenvalue weighted by atomic mass is 9.96. The van der Waals surface area contributed by atoms with Crippen molar-refractivity contribution in [2.24, 2.45) is 5.92 Å².